The second-order valence-corrected chi connectivity index (χ2v) is 15.0. The maximum Gasteiger partial charge on any atom is 0.410 e. The van der Waals surface area contributed by atoms with Gasteiger partial charge in [-0.2, -0.15) is 0 Å². The fourth-order valence-electron chi connectivity index (χ4n) is 8.56. The normalized spacial score (nSPS) is 23.8. The molecular weight excluding hydrogens is 590 g/mol. The minimum absolute atomic E-state index is 0.0950. The van der Waals surface area contributed by atoms with Crippen LogP contribution in [-0.4, -0.2) is 76.6 Å². The number of ether oxygens (including phenoxy) is 1. The standard InChI is InChI=1S/C38H49N5O4/c1-38(2)23-33-35(30-8-4-5-9-32(30)43(33)34(44)24-38)25-10-15-29(36(39)45)31(22-25)40-26-11-13-28(14-12-26)47-37(46)42-20-16-27(17-21-42)41-18-6-3-7-19-41/h4-5,8-10,15,22,26-28,40H,3,6-7,11-14,16-21,23-24H2,1-2H3,(H2,39,45)/t26-,28-. The average Bonchev–Trinajstić information content (AvgIpc) is 3.39. The predicted octanol–water partition coefficient (Wildman–Crippen LogP) is 6.83. The minimum atomic E-state index is -0.481. The monoisotopic (exact) mass is 639 g/mol. The van der Waals surface area contributed by atoms with Crippen LogP contribution in [0.4, 0.5) is 10.5 Å². The van der Waals surface area contributed by atoms with E-state index in [0.717, 1.165) is 85.8 Å². The number of anilines is 1. The number of carbonyl (C=O) groups is 3. The van der Waals surface area contributed by atoms with Crippen LogP contribution >= 0.6 is 0 Å². The molecule has 3 N–H and O–H groups in total. The van der Waals surface area contributed by atoms with Crippen molar-refractivity contribution in [2.45, 2.75) is 103 Å². The maximum atomic E-state index is 13.3. The fourth-order valence-corrected chi connectivity index (χ4v) is 8.56. The molecule has 0 unspecified atom stereocenters. The third-order valence-electron chi connectivity index (χ3n) is 11.0. The van der Waals surface area contributed by atoms with Crippen molar-refractivity contribution < 1.29 is 19.1 Å². The zero-order chi connectivity index (χ0) is 32.7. The molecule has 2 amide bonds. The van der Waals surface area contributed by atoms with Gasteiger partial charge >= 0.3 is 6.09 Å². The predicted molar refractivity (Wildman–Crippen MR) is 185 cm³/mol. The van der Waals surface area contributed by atoms with E-state index < -0.39 is 5.91 Å². The number of nitrogens with zero attached hydrogens (tertiary/aromatic N) is 3. The van der Waals surface area contributed by atoms with Crippen LogP contribution in [0.25, 0.3) is 22.0 Å². The summed E-state index contributed by atoms with van der Waals surface area (Å²) in [5.74, 6) is -0.365. The molecule has 0 radical (unpaired) electrons. The Morgan fingerprint density at radius 3 is 2.34 bits per heavy atom. The number of para-hydroxylation sites is 1. The molecule has 1 saturated carbocycles. The lowest BCUT2D eigenvalue weighted by molar-refractivity contribution is 0.0292. The molecular formula is C38H49N5O4. The van der Waals surface area contributed by atoms with E-state index in [0.29, 0.717) is 23.7 Å². The van der Waals surface area contributed by atoms with Crippen LogP contribution in [-0.2, 0) is 11.2 Å². The van der Waals surface area contributed by atoms with Gasteiger partial charge < -0.3 is 25.6 Å². The molecule has 0 bridgehead atoms. The van der Waals surface area contributed by atoms with Gasteiger partial charge in [-0.05, 0) is 100 Å². The molecule has 4 heterocycles. The Morgan fingerprint density at radius 2 is 1.62 bits per heavy atom. The van der Waals surface area contributed by atoms with Crippen molar-refractivity contribution in [2.24, 2.45) is 11.1 Å². The molecule has 3 aromatic rings. The van der Waals surface area contributed by atoms with Gasteiger partial charge in [-0.25, -0.2) is 4.79 Å². The summed E-state index contributed by atoms with van der Waals surface area (Å²) in [5.41, 5.74) is 10.8. The molecule has 2 aromatic carbocycles. The van der Waals surface area contributed by atoms with E-state index in [9.17, 15) is 14.4 Å². The summed E-state index contributed by atoms with van der Waals surface area (Å²) in [6.45, 7) is 8.23. The zero-order valence-electron chi connectivity index (χ0n) is 27.9. The van der Waals surface area contributed by atoms with Crippen LogP contribution in [0.1, 0.15) is 98.9 Å². The van der Waals surface area contributed by atoms with Gasteiger partial charge in [-0.1, -0.05) is 44.5 Å². The summed E-state index contributed by atoms with van der Waals surface area (Å²) >= 11 is 0. The molecule has 0 atom stereocenters. The van der Waals surface area contributed by atoms with Gasteiger partial charge in [0, 0.05) is 53.9 Å². The summed E-state index contributed by atoms with van der Waals surface area (Å²) in [4.78, 5) is 43.4. The summed E-state index contributed by atoms with van der Waals surface area (Å²) in [5, 5.41) is 4.66. The Hall–Kier alpha value is -3.85. The fraction of sp³-hybridized carbons (Fsp3) is 0.553. The number of likely N-dealkylation sites (tertiary alicyclic amines) is 2. The van der Waals surface area contributed by atoms with Crippen LogP contribution in [0.15, 0.2) is 42.5 Å². The van der Waals surface area contributed by atoms with Crippen LogP contribution < -0.4 is 11.1 Å². The molecule has 9 heteroatoms. The molecule has 1 aromatic heterocycles. The van der Waals surface area contributed by atoms with Gasteiger partial charge in [0.2, 0.25) is 5.91 Å². The van der Waals surface area contributed by atoms with Gasteiger partial charge in [0.15, 0.2) is 0 Å². The highest BCUT2D eigenvalue weighted by molar-refractivity contribution is 6.06. The quantitative estimate of drug-likeness (QED) is 0.306. The van der Waals surface area contributed by atoms with Crippen LogP contribution in [0.5, 0.6) is 0 Å². The van der Waals surface area contributed by atoms with E-state index >= 15 is 0 Å². The Kier molecular flexibility index (Phi) is 8.76. The number of benzene rings is 2. The topological polar surface area (TPSA) is 110 Å². The Morgan fingerprint density at radius 1 is 0.894 bits per heavy atom. The number of rotatable bonds is 6. The first-order valence-electron chi connectivity index (χ1n) is 17.7. The van der Waals surface area contributed by atoms with Crippen molar-refractivity contribution in [1.29, 1.82) is 0 Å². The lowest BCUT2D eigenvalue weighted by Gasteiger charge is -2.40. The molecule has 47 heavy (non-hydrogen) atoms. The lowest BCUT2D eigenvalue weighted by Crippen LogP contribution is -2.48. The molecule has 2 saturated heterocycles. The van der Waals surface area contributed by atoms with Gasteiger partial charge in [0.25, 0.3) is 5.91 Å². The number of piperidine rings is 2. The number of fused-ring (bicyclic) bond motifs is 3. The van der Waals surface area contributed by atoms with E-state index in [1.165, 1.54) is 32.4 Å². The van der Waals surface area contributed by atoms with Gasteiger partial charge in [-0.15, -0.1) is 0 Å². The second kappa shape index (κ2) is 13.0. The Labute approximate surface area is 277 Å². The van der Waals surface area contributed by atoms with Crippen LogP contribution in [0.2, 0.25) is 0 Å². The summed E-state index contributed by atoms with van der Waals surface area (Å²) < 4.78 is 7.89. The van der Waals surface area contributed by atoms with Crippen LogP contribution in [0, 0.1) is 5.41 Å². The van der Waals surface area contributed by atoms with Gasteiger partial charge in [-0.3, -0.25) is 14.2 Å². The third kappa shape index (κ3) is 6.51. The third-order valence-corrected chi connectivity index (χ3v) is 11.0. The molecule has 3 aliphatic heterocycles. The lowest BCUT2D eigenvalue weighted by atomic mass is 9.80. The van der Waals surface area contributed by atoms with E-state index in [2.05, 4.69) is 30.1 Å². The number of hydrogen-bond acceptors (Lipinski definition) is 6. The first kappa shape index (κ1) is 31.7. The van der Waals surface area contributed by atoms with Crippen molar-refractivity contribution in [2.75, 3.05) is 31.5 Å². The number of amides is 2. The molecule has 4 aliphatic rings. The smallest absolute Gasteiger partial charge is 0.410 e. The van der Waals surface area contributed by atoms with Crippen molar-refractivity contribution in [1.82, 2.24) is 14.4 Å². The SMILES string of the molecule is CC1(C)CC(=O)n2c(c(-c3ccc(C(N)=O)c(N[C@H]4CC[C@H](OC(=O)N5CCC(N6CCCCC6)CC5)CC4)c3)c3ccccc32)C1. The van der Waals surface area contributed by atoms with Gasteiger partial charge in [0.1, 0.15) is 6.10 Å². The van der Waals surface area contributed by atoms with E-state index in [1.54, 1.807) is 6.07 Å². The molecule has 9 nitrogen and oxygen atoms in total. The summed E-state index contributed by atoms with van der Waals surface area (Å²) in [6.07, 6.45) is 10.2. The number of aromatic nitrogens is 1. The largest absolute Gasteiger partial charge is 0.446 e. The number of nitrogens with one attached hydrogen (secondary N) is 1. The van der Waals surface area contributed by atoms with E-state index in [4.69, 9.17) is 10.5 Å². The number of nitrogens with two attached hydrogens (primary N) is 1. The molecule has 250 valence electrons. The van der Waals surface area contributed by atoms with Crippen LogP contribution in [0.3, 0.4) is 0 Å². The van der Waals surface area contributed by atoms with Crippen molar-refractivity contribution >= 4 is 34.5 Å². The Balaban J connectivity index is 1.02. The van der Waals surface area contributed by atoms with Crippen molar-refractivity contribution in [3.05, 3.63) is 53.7 Å². The highest BCUT2D eigenvalue weighted by atomic mass is 16.6. The second-order valence-electron chi connectivity index (χ2n) is 15.0. The zero-order valence-corrected chi connectivity index (χ0v) is 27.9. The highest BCUT2D eigenvalue weighted by Gasteiger charge is 2.36. The molecule has 3 fully saturated rings. The molecule has 7 rings (SSSR count). The summed E-state index contributed by atoms with van der Waals surface area (Å²) in [7, 11) is 0. The van der Waals surface area contributed by atoms with E-state index in [1.807, 2.05) is 39.8 Å². The first-order valence-corrected chi connectivity index (χ1v) is 17.7. The van der Waals surface area contributed by atoms with Gasteiger partial charge in [0.05, 0.1) is 11.1 Å². The Bertz CT molecular complexity index is 1660. The highest BCUT2D eigenvalue weighted by Crippen LogP contribution is 2.43. The number of carbonyl (C=O) groups excluding carboxylic acids is 3. The summed E-state index contributed by atoms with van der Waals surface area (Å²) in [6, 6.07) is 14.6. The molecule has 0 spiro atoms. The first-order chi connectivity index (χ1) is 22.7. The number of primary amides is 1. The minimum Gasteiger partial charge on any atom is -0.446 e. The number of hydrogen-bond donors (Lipinski definition) is 2. The maximum absolute atomic E-state index is 13.3. The van der Waals surface area contributed by atoms with Crippen molar-refractivity contribution in [3.8, 4) is 11.1 Å². The molecule has 1 aliphatic carbocycles. The average molecular weight is 640 g/mol. The van der Waals surface area contributed by atoms with Crippen molar-refractivity contribution in [3.63, 3.8) is 0 Å². The van der Waals surface area contributed by atoms with E-state index in [-0.39, 0.29) is 29.6 Å².